The number of halogens is 1. The van der Waals surface area contributed by atoms with Crippen LogP contribution in [0.4, 0.5) is 5.69 Å². The fraction of sp³-hybridized carbons (Fsp3) is 0.179. The van der Waals surface area contributed by atoms with Gasteiger partial charge >= 0.3 is 0 Å². The monoisotopic (exact) mass is 538 g/mol. The molecule has 0 atom stereocenters. The van der Waals surface area contributed by atoms with E-state index in [0.717, 1.165) is 69.2 Å². The van der Waals surface area contributed by atoms with E-state index in [2.05, 4.69) is 71.7 Å². The molecule has 3 aromatic heterocycles. The molecule has 0 radical (unpaired) electrons. The Morgan fingerprint density at radius 3 is 2.67 bits per heavy atom. The number of fused-ring (bicyclic) bond motifs is 1. The third kappa shape index (κ3) is 5.82. The third-order valence-corrected chi connectivity index (χ3v) is 6.82. The normalized spacial score (nSPS) is 11.3. The zero-order chi connectivity index (χ0) is 26.4. The van der Waals surface area contributed by atoms with Gasteiger partial charge < -0.3 is 10.6 Å². The third-order valence-electron chi connectivity index (χ3n) is 6.51. The van der Waals surface area contributed by atoms with E-state index in [1.54, 1.807) is 12.7 Å². The van der Waals surface area contributed by atoms with Gasteiger partial charge in [-0.1, -0.05) is 59.3 Å². The molecule has 0 aliphatic carbocycles. The van der Waals surface area contributed by atoms with Crippen molar-refractivity contribution in [1.29, 1.82) is 0 Å². The summed E-state index contributed by atoms with van der Waals surface area (Å²) in [6, 6.07) is 20.5. The van der Waals surface area contributed by atoms with Gasteiger partial charge in [0, 0.05) is 53.9 Å². The highest BCUT2D eigenvalue weighted by molar-refractivity contribution is 6.33. The highest BCUT2D eigenvalue weighted by Gasteiger charge is 2.09. The molecular weight excluding hydrogens is 512 g/mol. The van der Waals surface area contributed by atoms with E-state index >= 15 is 0 Å². The van der Waals surface area contributed by atoms with Crippen LogP contribution in [0.15, 0.2) is 85.7 Å². The highest BCUT2D eigenvalue weighted by atomic mass is 35.5. The first-order valence-electron chi connectivity index (χ1n) is 12.7. The summed E-state index contributed by atoms with van der Waals surface area (Å²) < 4.78 is 3.72. The SMILES string of the molecule is Clc1cc(CNCCc2cn(CCNc3cc(-n4cnnc4)cc4[nH]ncc34)nn2)ccc1-c1ccccc1. The van der Waals surface area contributed by atoms with Crippen LogP contribution in [0.25, 0.3) is 27.7 Å². The maximum absolute atomic E-state index is 6.55. The molecule has 0 aliphatic rings. The molecule has 11 heteroatoms. The Balaban J connectivity index is 0.983. The van der Waals surface area contributed by atoms with Gasteiger partial charge in [0.2, 0.25) is 0 Å². The molecule has 3 N–H and O–H groups in total. The molecule has 10 nitrogen and oxygen atoms in total. The average molecular weight is 539 g/mol. The van der Waals surface area contributed by atoms with Crippen LogP contribution in [-0.4, -0.2) is 53.0 Å². The van der Waals surface area contributed by atoms with Gasteiger partial charge in [-0.15, -0.1) is 15.3 Å². The van der Waals surface area contributed by atoms with Crippen LogP contribution in [0.3, 0.4) is 0 Å². The first-order chi connectivity index (χ1) is 19.2. The minimum Gasteiger partial charge on any atom is -0.383 e. The summed E-state index contributed by atoms with van der Waals surface area (Å²) in [7, 11) is 0. The van der Waals surface area contributed by atoms with Crippen molar-refractivity contribution in [3.63, 3.8) is 0 Å². The van der Waals surface area contributed by atoms with Crippen molar-refractivity contribution in [3.8, 4) is 16.8 Å². The molecule has 0 amide bonds. The molecule has 0 fully saturated rings. The van der Waals surface area contributed by atoms with E-state index in [0.29, 0.717) is 13.1 Å². The summed E-state index contributed by atoms with van der Waals surface area (Å²) >= 11 is 6.55. The molecule has 196 valence electrons. The topological polar surface area (TPSA) is 114 Å². The van der Waals surface area contributed by atoms with Gasteiger partial charge in [-0.05, 0) is 29.3 Å². The van der Waals surface area contributed by atoms with Gasteiger partial charge in [0.25, 0.3) is 0 Å². The lowest BCUT2D eigenvalue weighted by Gasteiger charge is -2.10. The van der Waals surface area contributed by atoms with Gasteiger partial charge in [0.1, 0.15) is 12.7 Å². The van der Waals surface area contributed by atoms with Gasteiger partial charge in [0.15, 0.2) is 0 Å². The van der Waals surface area contributed by atoms with Crippen LogP contribution in [-0.2, 0) is 19.5 Å². The fourth-order valence-electron chi connectivity index (χ4n) is 4.50. The smallest absolute Gasteiger partial charge is 0.123 e. The van der Waals surface area contributed by atoms with E-state index < -0.39 is 0 Å². The second kappa shape index (κ2) is 11.5. The second-order valence-electron chi connectivity index (χ2n) is 9.20. The first-order valence-corrected chi connectivity index (χ1v) is 13.1. The van der Waals surface area contributed by atoms with Crippen LogP contribution in [0.2, 0.25) is 5.02 Å². The molecule has 0 bridgehead atoms. The molecule has 0 saturated heterocycles. The van der Waals surface area contributed by atoms with Gasteiger partial charge in [0.05, 0.1) is 29.6 Å². The Morgan fingerprint density at radius 1 is 0.949 bits per heavy atom. The Hall–Kier alpha value is -4.54. The Bertz CT molecular complexity index is 1660. The van der Waals surface area contributed by atoms with E-state index in [-0.39, 0.29) is 0 Å². The Kier molecular flexibility index (Phi) is 7.28. The molecule has 3 heterocycles. The van der Waals surface area contributed by atoms with Crippen molar-refractivity contribution in [2.75, 3.05) is 18.4 Å². The molecule has 3 aromatic carbocycles. The zero-order valence-corrected chi connectivity index (χ0v) is 21.9. The predicted molar refractivity (Wildman–Crippen MR) is 152 cm³/mol. The van der Waals surface area contributed by atoms with Crippen molar-refractivity contribution < 1.29 is 0 Å². The van der Waals surface area contributed by atoms with E-state index in [4.69, 9.17) is 11.6 Å². The largest absolute Gasteiger partial charge is 0.383 e. The molecule has 0 aliphatic heterocycles. The lowest BCUT2D eigenvalue weighted by molar-refractivity contribution is 0.608. The van der Waals surface area contributed by atoms with Crippen LogP contribution in [0.1, 0.15) is 11.3 Å². The van der Waals surface area contributed by atoms with Crippen LogP contribution < -0.4 is 10.6 Å². The standard InChI is InChI=1S/C28H27ClN10/c29-26-12-20(6-7-24(26)21-4-2-1-3-5-21)15-30-9-8-22-17-39(37-35-22)11-10-31-27-13-23(38-18-33-34-19-38)14-28-25(27)16-32-36-28/h1-7,12-14,16-19,30-31H,8-11,15H2,(H,32,36). The summed E-state index contributed by atoms with van der Waals surface area (Å²) in [5.74, 6) is 0. The van der Waals surface area contributed by atoms with E-state index in [1.165, 1.54) is 0 Å². The van der Waals surface area contributed by atoms with Gasteiger partial charge in [-0.3, -0.25) is 14.3 Å². The predicted octanol–water partition coefficient (Wildman–Crippen LogP) is 4.50. The lowest BCUT2D eigenvalue weighted by atomic mass is 10.0. The van der Waals surface area contributed by atoms with Gasteiger partial charge in [-0.25, -0.2) is 0 Å². The maximum atomic E-state index is 6.55. The second-order valence-corrected chi connectivity index (χ2v) is 9.61. The van der Waals surface area contributed by atoms with Crippen LogP contribution in [0, 0.1) is 0 Å². The average Bonchev–Trinajstić information content (AvgIpc) is 3.74. The molecule has 0 saturated carbocycles. The number of anilines is 1. The van der Waals surface area contributed by atoms with Crippen molar-refractivity contribution in [2.45, 2.75) is 19.5 Å². The van der Waals surface area contributed by atoms with Crippen molar-refractivity contribution in [2.24, 2.45) is 0 Å². The summed E-state index contributed by atoms with van der Waals surface area (Å²) in [5, 5.41) is 32.4. The quantitative estimate of drug-likeness (QED) is 0.208. The lowest BCUT2D eigenvalue weighted by Crippen LogP contribution is -2.16. The van der Waals surface area contributed by atoms with Crippen molar-refractivity contribution in [1.82, 2.24) is 45.3 Å². The fourth-order valence-corrected chi connectivity index (χ4v) is 4.81. The van der Waals surface area contributed by atoms with Crippen molar-refractivity contribution >= 4 is 28.2 Å². The maximum Gasteiger partial charge on any atom is 0.123 e. The number of nitrogens with zero attached hydrogens (tertiary/aromatic N) is 7. The Labute approximate surface area is 230 Å². The molecule has 0 unspecified atom stereocenters. The minimum atomic E-state index is 0.683. The number of aromatic amines is 1. The number of rotatable bonds is 11. The van der Waals surface area contributed by atoms with Gasteiger partial charge in [-0.2, -0.15) is 5.10 Å². The first kappa shape index (κ1) is 24.8. The minimum absolute atomic E-state index is 0.683. The summed E-state index contributed by atoms with van der Waals surface area (Å²) in [5.41, 5.74) is 7.13. The summed E-state index contributed by atoms with van der Waals surface area (Å²) in [6.45, 7) is 2.91. The number of nitrogens with one attached hydrogen (secondary N) is 3. The van der Waals surface area contributed by atoms with E-state index in [9.17, 15) is 0 Å². The number of aromatic nitrogens is 8. The molecule has 6 rings (SSSR count). The molecule has 39 heavy (non-hydrogen) atoms. The van der Waals surface area contributed by atoms with Crippen LogP contribution >= 0.6 is 11.6 Å². The number of H-pyrrole nitrogens is 1. The van der Waals surface area contributed by atoms with E-state index in [1.807, 2.05) is 52.0 Å². The zero-order valence-electron chi connectivity index (χ0n) is 21.1. The number of hydrogen-bond acceptors (Lipinski definition) is 7. The van der Waals surface area contributed by atoms with Crippen LogP contribution in [0.5, 0.6) is 0 Å². The summed E-state index contributed by atoms with van der Waals surface area (Å²) in [4.78, 5) is 0. The number of benzene rings is 3. The summed E-state index contributed by atoms with van der Waals surface area (Å²) in [6.07, 6.45) is 7.95. The van der Waals surface area contributed by atoms with Crippen molar-refractivity contribution in [3.05, 3.63) is 102 Å². The number of hydrogen-bond donors (Lipinski definition) is 3. The molecule has 0 spiro atoms. The molecular formula is C28H27ClN10. The molecule has 6 aromatic rings. The Morgan fingerprint density at radius 2 is 1.82 bits per heavy atom. The highest BCUT2D eigenvalue weighted by Crippen LogP contribution is 2.28.